The highest BCUT2D eigenvalue weighted by molar-refractivity contribution is 9.10. The normalized spacial score (nSPS) is 11.7. The average molecular weight is 557 g/mol. The minimum Gasteiger partial charge on any atom is -0.494 e. The predicted octanol–water partition coefficient (Wildman–Crippen LogP) is 5.70. The summed E-state index contributed by atoms with van der Waals surface area (Å²) >= 11 is 3.25. The van der Waals surface area contributed by atoms with Crippen molar-refractivity contribution in [2.75, 3.05) is 22.8 Å². The van der Waals surface area contributed by atoms with Gasteiger partial charge in [-0.15, -0.1) is 0 Å². The van der Waals surface area contributed by atoms with Crippen molar-refractivity contribution in [1.29, 1.82) is 0 Å². The van der Waals surface area contributed by atoms with Crippen molar-refractivity contribution in [1.82, 2.24) is 0 Å². The quantitative estimate of drug-likeness (QED) is 0.386. The molecule has 180 valence electrons. The first-order valence-corrected chi connectivity index (χ1v) is 12.2. The Morgan fingerprint density at radius 1 is 0.971 bits per heavy atom. The van der Waals surface area contributed by atoms with Crippen LogP contribution in [0.25, 0.3) is 0 Å². The maximum absolute atomic E-state index is 13.4. The fourth-order valence-corrected chi connectivity index (χ4v) is 4.68. The number of nitrogens with zero attached hydrogens (tertiary/aromatic N) is 1. The molecule has 3 aromatic carbocycles. The van der Waals surface area contributed by atoms with Crippen molar-refractivity contribution in [3.8, 4) is 5.75 Å². The second-order valence-electron chi connectivity index (χ2n) is 7.02. The van der Waals surface area contributed by atoms with E-state index in [2.05, 4.69) is 21.2 Å². The van der Waals surface area contributed by atoms with Crippen LogP contribution in [0.2, 0.25) is 0 Å². The van der Waals surface area contributed by atoms with E-state index < -0.39 is 34.2 Å². The van der Waals surface area contributed by atoms with Gasteiger partial charge in [0.1, 0.15) is 12.3 Å². The number of benzene rings is 3. The fraction of sp³-hybridized carbons (Fsp3) is 0.174. The van der Waals surface area contributed by atoms with Crippen LogP contribution >= 0.6 is 15.9 Å². The van der Waals surface area contributed by atoms with Crippen LogP contribution in [0.15, 0.2) is 82.2 Å². The first-order valence-electron chi connectivity index (χ1n) is 9.99. The van der Waals surface area contributed by atoms with Crippen molar-refractivity contribution >= 4 is 43.2 Å². The molecule has 11 heteroatoms. The fourth-order valence-electron chi connectivity index (χ4n) is 3.00. The zero-order chi connectivity index (χ0) is 24.9. The van der Waals surface area contributed by atoms with Crippen molar-refractivity contribution in [2.45, 2.75) is 18.0 Å². The number of halogens is 4. The Morgan fingerprint density at radius 3 is 2.09 bits per heavy atom. The molecule has 3 aromatic rings. The van der Waals surface area contributed by atoms with Gasteiger partial charge in [-0.3, -0.25) is 9.10 Å². The molecule has 0 atom stereocenters. The Hall–Kier alpha value is -3.05. The van der Waals surface area contributed by atoms with Gasteiger partial charge in [0.2, 0.25) is 5.91 Å². The van der Waals surface area contributed by atoms with E-state index in [1.807, 2.05) is 6.92 Å². The molecular weight excluding hydrogens is 537 g/mol. The lowest BCUT2D eigenvalue weighted by Gasteiger charge is -2.24. The number of carbonyl (C=O) groups is 1. The molecule has 0 heterocycles. The second-order valence-corrected chi connectivity index (χ2v) is 9.79. The molecule has 0 aliphatic carbocycles. The molecule has 1 N–H and O–H groups in total. The summed E-state index contributed by atoms with van der Waals surface area (Å²) in [4.78, 5) is 12.7. The summed E-state index contributed by atoms with van der Waals surface area (Å²) in [5.74, 6) is -0.198. The van der Waals surface area contributed by atoms with E-state index in [0.29, 0.717) is 16.8 Å². The van der Waals surface area contributed by atoms with Crippen LogP contribution in [0.4, 0.5) is 24.5 Å². The summed E-state index contributed by atoms with van der Waals surface area (Å²) in [5.41, 5.74) is -0.543. The average Bonchev–Trinajstić information content (AvgIpc) is 2.78. The highest BCUT2D eigenvalue weighted by atomic mass is 79.9. The number of alkyl halides is 3. The molecule has 0 spiro atoms. The number of amides is 1. The van der Waals surface area contributed by atoms with Crippen LogP contribution in [0.5, 0.6) is 5.75 Å². The van der Waals surface area contributed by atoms with Gasteiger partial charge in [-0.2, -0.15) is 13.2 Å². The van der Waals surface area contributed by atoms with Crippen LogP contribution in [-0.2, 0) is 21.0 Å². The zero-order valence-electron chi connectivity index (χ0n) is 17.8. The molecule has 0 aliphatic heterocycles. The molecule has 3 rings (SSSR count). The molecule has 0 bridgehead atoms. The minimum atomic E-state index is -4.51. The molecule has 1 amide bonds. The summed E-state index contributed by atoms with van der Waals surface area (Å²) in [6.45, 7) is 1.63. The molecule has 0 saturated carbocycles. The van der Waals surface area contributed by atoms with Crippen molar-refractivity contribution in [3.63, 3.8) is 0 Å². The third kappa shape index (κ3) is 6.29. The van der Waals surface area contributed by atoms with Gasteiger partial charge in [-0.25, -0.2) is 8.42 Å². The largest absolute Gasteiger partial charge is 0.494 e. The number of anilines is 2. The van der Waals surface area contributed by atoms with Crippen molar-refractivity contribution in [3.05, 3.63) is 82.8 Å². The van der Waals surface area contributed by atoms with Crippen molar-refractivity contribution in [2.24, 2.45) is 0 Å². The molecular formula is C23H20BrF3N2O4S. The summed E-state index contributed by atoms with van der Waals surface area (Å²) in [6.07, 6.45) is -4.51. The molecule has 0 unspecified atom stereocenters. The Bertz CT molecular complexity index is 1230. The van der Waals surface area contributed by atoms with Gasteiger partial charge >= 0.3 is 6.18 Å². The molecule has 0 aromatic heterocycles. The number of rotatable bonds is 8. The third-order valence-corrected chi connectivity index (χ3v) is 6.94. The standard InChI is InChI=1S/C23H20BrF3N2O4S/c1-2-33-20-11-9-19(10-12-20)29(34(31,32)21-13-5-17(24)6-14-21)15-22(30)28-18-7-3-16(4-8-18)23(25,26)27/h3-14H,2,15H2,1H3,(H,28,30). The Morgan fingerprint density at radius 2 is 1.56 bits per heavy atom. The number of nitrogens with one attached hydrogen (secondary N) is 1. The Kier molecular flexibility index (Phi) is 7.88. The number of sulfonamides is 1. The second kappa shape index (κ2) is 10.5. The summed E-state index contributed by atoms with van der Waals surface area (Å²) < 4.78 is 72.0. The molecule has 0 aliphatic rings. The van der Waals surface area contributed by atoms with Gasteiger partial charge in [0.15, 0.2) is 0 Å². The SMILES string of the molecule is CCOc1ccc(N(CC(=O)Nc2ccc(C(F)(F)F)cc2)S(=O)(=O)c2ccc(Br)cc2)cc1. The summed E-state index contributed by atoms with van der Waals surface area (Å²) in [7, 11) is -4.15. The lowest BCUT2D eigenvalue weighted by atomic mass is 10.2. The van der Waals surface area contributed by atoms with E-state index in [9.17, 15) is 26.4 Å². The van der Waals surface area contributed by atoms with Gasteiger partial charge in [-0.05, 0) is 79.7 Å². The molecule has 0 radical (unpaired) electrons. The molecule has 0 saturated heterocycles. The number of carbonyl (C=O) groups excluding carboxylic acids is 1. The summed E-state index contributed by atoms with van der Waals surface area (Å²) in [6, 6.07) is 16.0. The summed E-state index contributed by atoms with van der Waals surface area (Å²) in [5, 5.41) is 2.44. The maximum Gasteiger partial charge on any atom is 0.416 e. The number of hydrogen-bond donors (Lipinski definition) is 1. The van der Waals surface area contributed by atoms with Gasteiger partial charge in [0.05, 0.1) is 22.8 Å². The van der Waals surface area contributed by atoms with Crippen LogP contribution in [0, 0.1) is 0 Å². The van der Waals surface area contributed by atoms with Crippen LogP contribution in [0.3, 0.4) is 0 Å². The zero-order valence-corrected chi connectivity index (χ0v) is 20.2. The lowest BCUT2D eigenvalue weighted by Crippen LogP contribution is -2.38. The van der Waals surface area contributed by atoms with Gasteiger partial charge in [-0.1, -0.05) is 15.9 Å². The number of hydrogen-bond acceptors (Lipinski definition) is 4. The van der Waals surface area contributed by atoms with Crippen LogP contribution < -0.4 is 14.4 Å². The molecule has 6 nitrogen and oxygen atoms in total. The van der Waals surface area contributed by atoms with Crippen LogP contribution in [0.1, 0.15) is 12.5 Å². The monoisotopic (exact) mass is 556 g/mol. The lowest BCUT2D eigenvalue weighted by molar-refractivity contribution is -0.137. The molecule has 34 heavy (non-hydrogen) atoms. The first-order chi connectivity index (χ1) is 16.0. The van der Waals surface area contributed by atoms with Gasteiger partial charge < -0.3 is 10.1 Å². The van der Waals surface area contributed by atoms with E-state index in [0.717, 1.165) is 28.6 Å². The topological polar surface area (TPSA) is 75.7 Å². The Labute approximate surface area is 203 Å². The van der Waals surface area contributed by atoms with E-state index in [1.165, 1.54) is 24.3 Å². The van der Waals surface area contributed by atoms with Gasteiger partial charge in [0.25, 0.3) is 10.0 Å². The molecule has 0 fully saturated rings. The van der Waals surface area contributed by atoms with Crippen LogP contribution in [-0.4, -0.2) is 27.5 Å². The first kappa shape index (κ1) is 25.6. The van der Waals surface area contributed by atoms with Gasteiger partial charge in [0, 0.05) is 10.2 Å². The third-order valence-electron chi connectivity index (χ3n) is 4.62. The Balaban J connectivity index is 1.88. The maximum atomic E-state index is 13.4. The minimum absolute atomic E-state index is 0.0353. The highest BCUT2D eigenvalue weighted by Gasteiger charge is 2.30. The number of ether oxygens (including phenoxy) is 1. The smallest absolute Gasteiger partial charge is 0.416 e. The van der Waals surface area contributed by atoms with E-state index in [-0.39, 0.29) is 16.3 Å². The predicted molar refractivity (Wildman–Crippen MR) is 126 cm³/mol. The highest BCUT2D eigenvalue weighted by Crippen LogP contribution is 2.30. The van der Waals surface area contributed by atoms with E-state index in [4.69, 9.17) is 4.74 Å². The van der Waals surface area contributed by atoms with E-state index >= 15 is 0 Å². The van der Waals surface area contributed by atoms with E-state index in [1.54, 1.807) is 24.3 Å². The van der Waals surface area contributed by atoms with Crippen molar-refractivity contribution < 1.29 is 31.1 Å².